The van der Waals surface area contributed by atoms with E-state index in [4.69, 9.17) is 32.7 Å². The first-order chi connectivity index (χ1) is 18.6. The molecule has 2 aromatic heterocycles. The third-order valence-electron chi connectivity index (χ3n) is 8.36. The Morgan fingerprint density at radius 3 is 2.51 bits per heavy atom. The van der Waals surface area contributed by atoms with E-state index in [-0.39, 0.29) is 18.0 Å². The number of fused-ring (bicyclic) bond motifs is 1. The van der Waals surface area contributed by atoms with Crippen LogP contribution in [0.2, 0.25) is 10.0 Å². The zero-order valence-corrected chi connectivity index (χ0v) is 23.9. The lowest BCUT2D eigenvalue weighted by molar-refractivity contribution is -0.120. The average Bonchev–Trinajstić information content (AvgIpc) is 3.44. The molecule has 0 spiro atoms. The number of hydrogen-bond donors (Lipinski definition) is 1. The molecule has 2 aromatic carbocycles. The number of rotatable bonds is 4. The van der Waals surface area contributed by atoms with Crippen LogP contribution in [0.25, 0.3) is 22.2 Å². The standard InChI is InChI=1S/C30H32Cl2N4O3/c1-17-28(18(2)39-34-17)19-7-10-25-24(15-19)33-29(36(25)20-11-13-30(3,38)14-12-20)26-5-4-6-27(37)35(26)21-8-9-22(31)23(32)16-21/h7-10,15-16,20,26,38H,4-6,11-14H2,1-3H3. The normalized spacial score (nSPS) is 24.1. The van der Waals surface area contributed by atoms with E-state index >= 15 is 0 Å². The molecule has 7 nitrogen and oxygen atoms in total. The van der Waals surface area contributed by atoms with Crippen LogP contribution in [0.4, 0.5) is 5.69 Å². The molecule has 1 unspecified atom stereocenters. The zero-order chi connectivity index (χ0) is 27.5. The molecule has 204 valence electrons. The van der Waals surface area contributed by atoms with Gasteiger partial charge in [0.25, 0.3) is 0 Å². The number of anilines is 1. The smallest absolute Gasteiger partial charge is 0.227 e. The third kappa shape index (κ3) is 4.75. The van der Waals surface area contributed by atoms with Crippen LogP contribution in [-0.4, -0.2) is 31.3 Å². The summed E-state index contributed by atoms with van der Waals surface area (Å²) < 4.78 is 7.76. The van der Waals surface area contributed by atoms with Crippen molar-refractivity contribution in [3.8, 4) is 11.1 Å². The molecule has 39 heavy (non-hydrogen) atoms. The molecular formula is C30H32Cl2N4O3. The zero-order valence-electron chi connectivity index (χ0n) is 22.4. The van der Waals surface area contributed by atoms with Gasteiger partial charge >= 0.3 is 0 Å². The first kappa shape index (κ1) is 26.4. The van der Waals surface area contributed by atoms with E-state index in [0.29, 0.717) is 29.3 Å². The maximum absolute atomic E-state index is 13.4. The quantitative estimate of drug-likeness (QED) is 0.273. The molecule has 1 saturated heterocycles. The Morgan fingerprint density at radius 2 is 1.82 bits per heavy atom. The number of halogens is 2. The summed E-state index contributed by atoms with van der Waals surface area (Å²) in [6.07, 6.45) is 5.15. The van der Waals surface area contributed by atoms with Gasteiger partial charge in [0.05, 0.1) is 38.4 Å². The fourth-order valence-electron chi connectivity index (χ4n) is 6.34. The van der Waals surface area contributed by atoms with Crippen LogP contribution in [0.1, 0.15) is 81.2 Å². The van der Waals surface area contributed by atoms with Gasteiger partial charge in [-0.3, -0.25) is 4.79 Å². The Hall–Kier alpha value is -2.87. The van der Waals surface area contributed by atoms with Crippen molar-refractivity contribution in [1.82, 2.24) is 14.7 Å². The summed E-state index contributed by atoms with van der Waals surface area (Å²) in [6.45, 7) is 5.77. The lowest BCUT2D eigenvalue weighted by Gasteiger charge is -2.38. The number of piperidine rings is 1. The van der Waals surface area contributed by atoms with Gasteiger partial charge in [-0.15, -0.1) is 0 Å². The average molecular weight is 568 g/mol. The highest BCUT2D eigenvalue weighted by Gasteiger charge is 2.37. The fraction of sp³-hybridized carbons (Fsp3) is 0.433. The molecule has 4 aromatic rings. The molecule has 9 heteroatoms. The van der Waals surface area contributed by atoms with Gasteiger partial charge in [-0.1, -0.05) is 34.4 Å². The molecule has 3 heterocycles. The molecule has 0 radical (unpaired) electrons. The first-order valence-corrected chi connectivity index (χ1v) is 14.3. The fourth-order valence-corrected chi connectivity index (χ4v) is 6.64. The maximum atomic E-state index is 13.4. The number of aliphatic hydroxyl groups is 1. The van der Waals surface area contributed by atoms with Crippen molar-refractivity contribution in [3.05, 3.63) is 63.7 Å². The molecule has 1 aliphatic heterocycles. The number of imidazole rings is 1. The minimum Gasteiger partial charge on any atom is -0.390 e. The van der Waals surface area contributed by atoms with E-state index < -0.39 is 5.60 Å². The Labute approximate surface area is 237 Å². The number of carbonyl (C=O) groups is 1. The number of aromatic nitrogens is 3. The van der Waals surface area contributed by atoms with Crippen molar-refractivity contribution in [1.29, 1.82) is 0 Å². The van der Waals surface area contributed by atoms with Crippen molar-refractivity contribution in [2.24, 2.45) is 0 Å². The summed E-state index contributed by atoms with van der Waals surface area (Å²) in [6, 6.07) is 11.6. The van der Waals surface area contributed by atoms with Gasteiger partial charge in [-0.05, 0) is 95.2 Å². The first-order valence-electron chi connectivity index (χ1n) is 13.6. The molecule has 0 bridgehead atoms. The molecule has 2 aliphatic rings. The van der Waals surface area contributed by atoms with E-state index in [1.807, 2.05) is 31.7 Å². The second-order valence-electron chi connectivity index (χ2n) is 11.2. The Morgan fingerprint density at radius 1 is 1.05 bits per heavy atom. The summed E-state index contributed by atoms with van der Waals surface area (Å²) in [5.41, 5.74) is 4.78. The van der Waals surface area contributed by atoms with Crippen LogP contribution < -0.4 is 4.90 Å². The van der Waals surface area contributed by atoms with Crippen molar-refractivity contribution >= 4 is 45.8 Å². The van der Waals surface area contributed by atoms with Gasteiger partial charge < -0.3 is 19.1 Å². The third-order valence-corrected chi connectivity index (χ3v) is 9.10. The second-order valence-corrected chi connectivity index (χ2v) is 12.1. The van der Waals surface area contributed by atoms with Crippen molar-refractivity contribution < 1.29 is 14.4 Å². The number of hydrogen-bond acceptors (Lipinski definition) is 5. The van der Waals surface area contributed by atoms with Gasteiger partial charge in [0.15, 0.2) is 0 Å². The molecule has 2 fully saturated rings. The van der Waals surface area contributed by atoms with Crippen molar-refractivity contribution in [2.75, 3.05) is 4.90 Å². The highest BCUT2D eigenvalue weighted by Crippen LogP contribution is 2.43. The lowest BCUT2D eigenvalue weighted by Crippen LogP contribution is -2.40. The number of carbonyl (C=O) groups excluding carboxylic acids is 1. The lowest BCUT2D eigenvalue weighted by atomic mass is 9.83. The largest absolute Gasteiger partial charge is 0.390 e. The summed E-state index contributed by atoms with van der Waals surface area (Å²) in [4.78, 5) is 20.5. The molecule has 1 atom stereocenters. The molecule has 1 amide bonds. The summed E-state index contributed by atoms with van der Waals surface area (Å²) in [5, 5.41) is 15.7. The number of benzene rings is 2. The number of amides is 1. The van der Waals surface area contributed by atoms with Crippen LogP contribution in [-0.2, 0) is 4.79 Å². The topological polar surface area (TPSA) is 84.4 Å². The molecule has 6 rings (SSSR count). The molecule has 1 saturated carbocycles. The molecule has 1 aliphatic carbocycles. The van der Waals surface area contributed by atoms with Crippen LogP contribution in [0.5, 0.6) is 0 Å². The van der Waals surface area contributed by atoms with Crippen LogP contribution >= 0.6 is 23.2 Å². The monoisotopic (exact) mass is 566 g/mol. The predicted molar refractivity (Wildman–Crippen MR) is 153 cm³/mol. The summed E-state index contributed by atoms with van der Waals surface area (Å²) in [5.74, 6) is 1.68. The van der Waals surface area contributed by atoms with E-state index in [1.165, 1.54) is 0 Å². The van der Waals surface area contributed by atoms with Crippen molar-refractivity contribution in [3.63, 3.8) is 0 Å². The minimum absolute atomic E-state index is 0.0474. The van der Waals surface area contributed by atoms with Gasteiger partial charge in [0, 0.05) is 23.7 Å². The molecule has 1 N–H and O–H groups in total. The number of aryl methyl sites for hydroxylation is 2. The second kappa shape index (κ2) is 9.95. The van der Waals surface area contributed by atoms with Crippen LogP contribution in [0.15, 0.2) is 40.9 Å². The van der Waals surface area contributed by atoms with E-state index in [0.717, 1.165) is 70.8 Å². The Balaban J connectivity index is 1.51. The number of nitrogens with zero attached hydrogens (tertiary/aromatic N) is 4. The van der Waals surface area contributed by atoms with Gasteiger partial charge in [-0.2, -0.15) is 0 Å². The van der Waals surface area contributed by atoms with Crippen molar-refractivity contribution in [2.45, 2.75) is 83.4 Å². The maximum Gasteiger partial charge on any atom is 0.227 e. The Bertz CT molecular complexity index is 1540. The highest BCUT2D eigenvalue weighted by atomic mass is 35.5. The van der Waals surface area contributed by atoms with E-state index in [9.17, 15) is 9.90 Å². The van der Waals surface area contributed by atoms with Crippen LogP contribution in [0.3, 0.4) is 0 Å². The SMILES string of the molecule is Cc1noc(C)c1-c1ccc2c(c1)nc(C1CCCC(=O)N1c1ccc(Cl)c(Cl)c1)n2C1CCC(C)(O)CC1. The summed E-state index contributed by atoms with van der Waals surface area (Å²) in [7, 11) is 0. The summed E-state index contributed by atoms with van der Waals surface area (Å²) >= 11 is 12.6. The van der Waals surface area contributed by atoms with Gasteiger partial charge in [0.2, 0.25) is 5.91 Å². The highest BCUT2D eigenvalue weighted by molar-refractivity contribution is 6.42. The van der Waals surface area contributed by atoms with Gasteiger partial charge in [-0.25, -0.2) is 4.98 Å². The van der Waals surface area contributed by atoms with Gasteiger partial charge in [0.1, 0.15) is 11.6 Å². The van der Waals surface area contributed by atoms with E-state index in [2.05, 4.69) is 27.9 Å². The molecular weight excluding hydrogens is 535 g/mol. The van der Waals surface area contributed by atoms with Crippen LogP contribution in [0, 0.1) is 13.8 Å². The minimum atomic E-state index is -0.656. The van der Waals surface area contributed by atoms with E-state index in [1.54, 1.807) is 12.1 Å². The Kier molecular flexibility index (Phi) is 6.72. The predicted octanol–water partition coefficient (Wildman–Crippen LogP) is 7.74.